The molecule has 4 rings (SSSR count). The fourth-order valence-electron chi connectivity index (χ4n) is 4.70. The Morgan fingerprint density at radius 1 is 1.33 bits per heavy atom. The zero-order valence-corrected chi connectivity index (χ0v) is 14.7. The first-order valence-electron chi connectivity index (χ1n) is 9.18. The second-order valence-corrected chi connectivity index (χ2v) is 7.27. The highest BCUT2D eigenvalue weighted by molar-refractivity contribution is 5.45. The van der Waals surface area contributed by atoms with Crippen molar-refractivity contribution in [2.75, 3.05) is 6.61 Å². The fraction of sp³-hybridized carbons (Fsp3) is 0.550. The Morgan fingerprint density at radius 2 is 2.21 bits per heavy atom. The van der Waals surface area contributed by atoms with Crippen molar-refractivity contribution in [3.63, 3.8) is 0 Å². The van der Waals surface area contributed by atoms with Crippen LogP contribution >= 0.6 is 0 Å². The standard InChI is InChI=1S/C20H27N3O/c1-13-18(14(2)23(22-13)9-10-24)12-21-19-11-16-7-3-5-15-6-4-8-17(19)20(15)16/h4,6,8,16,19,21,24H,3,5,7,9-12H2,1-2H3. The van der Waals surface area contributed by atoms with Gasteiger partial charge in [-0.15, -0.1) is 0 Å². The molecule has 0 spiro atoms. The van der Waals surface area contributed by atoms with Gasteiger partial charge in [-0.25, -0.2) is 0 Å². The smallest absolute Gasteiger partial charge is 0.0644 e. The number of aliphatic hydroxyl groups excluding tert-OH is 1. The van der Waals surface area contributed by atoms with Gasteiger partial charge in [0.2, 0.25) is 0 Å². The summed E-state index contributed by atoms with van der Waals surface area (Å²) in [5.41, 5.74) is 8.26. The van der Waals surface area contributed by atoms with Gasteiger partial charge in [0.1, 0.15) is 0 Å². The maximum absolute atomic E-state index is 9.17. The molecule has 2 unspecified atom stereocenters. The van der Waals surface area contributed by atoms with E-state index >= 15 is 0 Å². The number of aliphatic hydroxyl groups is 1. The van der Waals surface area contributed by atoms with Crippen molar-refractivity contribution >= 4 is 0 Å². The minimum atomic E-state index is 0.134. The maximum Gasteiger partial charge on any atom is 0.0644 e. The quantitative estimate of drug-likeness (QED) is 0.888. The third-order valence-electron chi connectivity index (χ3n) is 5.90. The van der Waals surface area contributed by atoms with Gasteiger partial charge in [-0.2, -0.15) is 5.10 Å². The Hall–Kier alpha value is -1.65. The molecule has 0 amide bonds. The number of aromatic nitrogens is 2. The lowest BCUT2D eigenvalue weighted by Gasteiger charge is -2.20. The van der Waals surface area contributed by atoms with E-state index in [0.717, 1.165) is 18.2 Å². The molecule has 0 saturated heterocycles. The highest BCUT2D eigenvalue weighted by Crippen LogP contribution is 2.47. The molecule has 4 heteroatoms. The minimum absolute atomic E-state index is 0.134. The molecule has 4 nitrogen and oxygen atoms in total. The molecular formula is C20H27N3O. The van der Waals surface area contributed by atoms with Crippen LogP contribution in [-0.4, -0.2) is 21.5 Å². The van der Waals surface area contributed by atoms with Crippen molar-refractivity contribution in [3.05, 3.63) is 51.8 Å². The minimum Gasteiger partial charge on any atom is -0.394 e. The average Bonchev–Trinajstić information content (AvgIpc) is 3.07. The van der Waals surface area contributed by atoms with Gasteiger partial charge >= 0.3 is 0 Å². The van der Waals surface area contributed by atoms with Gasteiger partial charge in [-0.3, -0.25) is 4.68 Å². The van der Waals surface area contributed by atoms with E-state index in [1.165, 1.54) is 42.5 Å². The number of rotatable bonds is 5. The van der Waals surface area contributed by atoms with Gasteiger partial charge in [0.15, 0.2) is 0 Å². The number of hydrogen-bond donors (Lipinski definition) is 2. The summed E-state index contributed by atoms with van der Waals surface area (Å²) < 4.78 is 1.92. The summed E-state index contributed by atoms with van der Waals surface area (Å²) in [6.07, 6.45) is 5.16. The SMILES string of the molecule is Cc1nn(CCO)c(C)c1CNC1CC2CCCc3cccc1c32. The summed E-state index contributed by atoms with van der Waals surface area (Å²) in [4.78, 5) is 0. The first kappa shape index (κ1) is 15.9. The van der Waals surface area contributed by atoms with E-state index in [0.29, 0.717) is 12.6 Å². The van der Waals surface area contributed by atoms with Crippen LogP contribution in [-0.2, 0) is 19.5 Å². The molecule has 2 aliphatic rings. The van der Waals surface area contributed by atoms with Crippen molar-refractivity contribution in [2.45, 2.75) is 64.6 Å². The summed E-state index contributed by atoms with van der Waals surface area (Å²) in [6.45, 7) is 5.73. The van der Waals surface area contributed by atoms with E-state index in [1.807, 2.05) is 4.68 Å². The normalized spacial score (nSPS) is 22.0. The lowest BCUT2D eigenvalue weighted by Crippen LogP contribution is -2.19. The molecule has 0 fully saturated rings. The molecule has 0 radical (unpaired) electrons. The molecule has 24 heavy (non-hydrogen) atoms. The van der Waals surface area contributed by atoms with E-state index < -0.39 is 0 Å². The topological polar surface area (TPSA) is 50.1 Å². The Balaban J connectivity index is 1.53. The lowest BCUT2D eigenvalue weighted by molar-refractivity contribution is 0.267. The van der Waals surface area contributed by atoms with Gasteiger partial charge in [0.05, 0.1) is 18.8 Å². The lowest BCUT2D eigenvalue weighted by atomic mass is 9.84. The summed E-state index contributed by atoms with van der Waals surface area (Å²) >= 11 is 0. The molecule has 2 N–H and O–H groups in total. The predicted molar refractivity (Wildman–Crippen MR) is 95.1 cm³/mol. The van der Waals surface area contributed by atoms with E-state index in [4.69, 9.17) is 5.11 Å². The summed E-state index contributed by atoms with van der Waals surface area (Å²) in [5, 5.41) is 17.5. The predicted octanol–water partition coefficient (Wildman–Crippen LogP) is 3.15. The van der Waals surface area contributed by atoms with Gasteiger partial charge in [0.25, 0.3) is 0 Å². The second kappa shape index (κ2) is 6.34. The number of nitrogens with one attached hydrogen (secondary N) is 1. The molecule has 0 aliphatic heterocycles. The van der Waals surface area contributed by atoms with Crippen molar-refractivity contribution in [2.24, 2.45) is 0 Å². The monoisotopic (exact) mass is 325 g/mol. The van der Waals surface area contributed by atoms with Crippen molar-refractivity contribution in [1.29, 1.82) is 0 Å². The maximum atomic E-state index is 9.17. The van der Waals surface area contributed by atoms with Crippen LogP contribution in [0.3, 0.4) is 0 Å². The molecular weight excluding hydrogens is 298 g/mol. The molecule has 2 aromatic rings. The van der Waals surface area contributed by atoms with E-state index in [9.17, 15) is 0 Å². The third-order valence-corrected chi connectivity index (χ3v) is 5.90. The first-order valence-corrected chi connectivity index (χ1v) is 9.18. The van der Waals surface area contributed by atoms with Gasteiger partial charge in [-0.1, -0.05) is 18.2 Å². The molecule has 1 aromatic heterocycles. The highest BCUT2D eigenvalue weighted by Gasteiger charge is 2.34. The van der Waals surface area contributed by atoms with Crippen molar-refractivity contribution < 1.29 is 5.11 Å². The largest absolute Gasteiger partial charge is 0.394 e. The molecule has 0 saturated carbocycles. The van der Waals surface area contributed by atoms with Crippen LogP contribution in [0.4, 0.5) is 0 Å². The van der Waals surface area contributed by atoms with Crippen LogP contribution in [0.2, 0.25) is 0 Å². The van der Waals surface area contributed by atoms with Crippen LogP contribution in [0, 0.1) is 13.8 Å². The van der Waals surface area contributed by atoms with Crippen LogP contribution < -0.4 is 5.32 Å². The zero-order chi connectivity index (χ0) is 16.7. The Bertz CT molecular complexity index is 750. The summed E-state index contributed by atoms with van der Waals surface area (Å²) in [5.74, 6) is 0.752. The third kappa shape index (κ3) is 2.58. The van der Waals surface area contributed by atoms with Gasteiger partial charge in [-0.05, 0) is 62.1 Å². The van der Waals surface area contributed by atoms with E-state index in [2.05, 4.69) is 42.5 Å². The van der Waals surface area contributed by atoms with Gasteiger partial charge in [0, 0.05) is 23.8 Å². The van der Waals surface area contributed by atoms with Crippen molar-refractivity contribution in [3.8, 4) is 0 Å². The van der Waals surface area contributed by atoms with E-state index in [1.54, 1.807) is 11.1 Å². The molecule has 2 aliphatic carbocycles. The van der Waals surface area contributed by atoms with Crippen LogP contribution in [0.25, 0.3) is 0 Å². The molecule has 128 valence electrons. The van der Waals surface area contributed by atoms with Crippen LogP contribution in [0.5, 0.6) is 0 Å². The Kier molecular flexibility index (Phi) is 4.19. The fourth-order valence-corrected chi connectivity index (χ4v) is 4.70. The molecule has 1 heterocycles. The summed E-state index contributed by atoms with van der Waals surface area (Å²) in [7, 11) is 0. The van der Waals surface area contributed by atoms with Gasteiger partial charge < -0.3 is 10.4 Å². The van der Waals surface area contributed by atoms with Crippen LogP contribution in [0.1, 0.15) is 64.9 Å². The number of aryl methyl sites for hydroxylation is 2. The van der Waals surface area contributed by atoms with E-state index in [-0.39, 0.29) is 6.61 Å². The Labute approximate surface area is 143 Å². The molecule has 1 aromatic carbocycles. The Morgan fingerprint density at radius 3 is 3.04 bits per heavy atom. The first-order chi connectivity index (χ1) is 11.7. The second-order valence-electron chi connectivity index (χ2n) is 7.27. The number of benzene rings is 1. The summed E-state index contributed by atoms with van der Waals surface area (Å²) in [6, 6.07) is 7.33. The highest BCUT2D eigenvalue weighted by atomic mass is 16.3. The average molecular weight is 325 g/mol. The number of hydrogen-bond acceptors (Lipinski definition) is 3. The van der Waals surface area contributed by atoms with Crippen molar-refractivity contribution in [1.82, 2.24) is 15.1 Å². The number of nitrogens with zero attached hydrogens (tertiary/aromatic N) is 2. The molecule has 2 atom stereocenters. The molecule has 0 bridgehead atoms. The van der Waals surface area contributed by atoms with Crippen LogP contribution in [0.15, 0.2) is 18.2 Å². The zero-order valence-electron chi connectivity index (χ0n) is 14.7.